The molecule has 1 aliphatic rings. The van der Waals surface area contributed by atoms with Crippen molar-refractivity contribution in [1.29, 1.82) is 0 Å². The van der Waals surface area contributed by atoms with Crippen LogP contribution in [0.4, 0.5) is 5.69 Å². The molecule has 0 unspecified atom stereocenters. The van der Waals surface area contributed by atoms with E-state index in [0.29, 0.717) is 0 Å². The highest BCUT2D eigenvalue weighted by atomic mass is 15.2. The van der Waals surface area contributed by atoms with Crippen molar-refractivity contribution >= 4 is 5.69 Å². The van der Waals surface area contributed by atoms with Crippen molar-refractivity contribution in [2.45, 2.75) is 51.9 Å². The quantitative estimate of drug-likeness (QED) is 0.453. The number of likely N-dealkylation sites (N-methyl/N-ethyl adjacent to an activating group) is 1. The lowest BCUT2D eigenvalue weighted by atomic mass is 9.79. The molecule has 0 spiro atoms. The van der Waals surface area contributed by atoms with Crippen molar-refractivity contribution in [3.8, 4) is 0 Å². The molecular weight excluding hydrogens is 362 g/mol. The fourth-order valence-electron chi connectivity index (χ4n) is 4.52. The number of nitrogens with zero attached hydrogens (tertiary/aromatic N) is 1. The van der Waals surface area contributed by atoms with E-state index < -0.39 is 0 Å². The molecule has 0 aromatic heterocycles. The molecule has 156 valence electrons. The zero-order valence-electron chi connectivity index (χ0n) is 19.3. The van der Waals surface area contributed by atoms with Crippen LogP contribution in [0.2, 0.25) is 0 Å². The third kappa shape index (κ3) is 4.51. The summed E-state index contributed by atoms with van der Waals surface area (Å²) in [7, 11) is 2.15. The van der Waals surface area contributed by atoms with E-state index in [9.17, 15) is 0 Å². The second-order valence-corrected chi connectivity index (χ2v) is 9.35. The molecule has 1 heteroatoms. The molecule has 2 aromatic carbocycles. The Kier molecular flexibility index (Phi) is 6.51. The molecule has 0 atom stereocenters. The second kappa shape index (κ2) is 8.92. The van der Waals surface area contributed by atoms with Gasteiger partial charge in [0.25, 0.3) is 0 Å². The number of para-hydroxylation sites is 1. The number of hydrogen-bond acceptors (Lipinski definition) is 1. The average Bonchev–Trinajstić information content (AvgIpc) is 2.90. The SMILES string of the molecule is Cc1ccccc1C(C)(C)C/C=C/C=C/C=C/C=C1\N(C)c2ccccc2C1(C)C. The van der Waals surface area contributed by atoms with E-state index in [4.69, 9.17) is 0 Å². The molecule has 1 aliphatic heterocycles. The molecule has 3 rings (SSSR count). The fraction of sp³-hybridized carbons (Fsp3) is 0.310. The Labute approximate surface area is 183 Å². The largest absolute Gasteiger partial charge is 0.347 e. The number of benzene rings is 2. The van der Waals surface area contributed by atoms with Crippen LogP contribution in [0.15, 0.2) is 96.8 Å². The maximum absolute atomic E-state index is 2.31. The van der Waals surface area contributed by atoms with Crippen molar-refractivity contribution in [1.82, 2.24) is 0 Å². The summed E-state index contributed by atoms with van der Waals surface area (Å²) in [4.78, 5) is 2.30. The number of allylic oxidation sites excluding steroid dienone is 8. The summed E-state index contributed by atoms with van der Waals surface area (Å²) in [5.41, 5.74) is 6.98. The molecule has 0 aliphatic carbocycles. The molecule has 1 heterocycles. The van der Waals surface area contributed by atoms with Gasteiger partial charge in [-0.3, -0.25) is 0 Å². The molecule has 1 nitrogen and oxygen atoms in total. The van der Waals surface area contributed by atoms with Crippen LogP contribution in [0, 0.1) is 6.92 Å². The molecule has 0 N–H and O–H groups in total. The van der Waals surface area contributed by atoms with E-state index >= 15 is 0 Å². The zero-order chi connectivity index (χ0) is 21.8. The van der Waals surface area contributed by atoms with Crippen LogP contribution in [-0.4, -0.2) is 7.05 Å². The van der Waals surface area contributed by atoms with Gasteiger partial charge in [-0.05, 0) is 47.6 Å². The maximum atomic E-state index is 2.31. The Morgan fingerprint density at radius 2 is 1.50 bits per heavy atom. The first kappa shape index (κ1) is 21.9. The predicted molar refractivity (Wildman–Crippen MR) is 132 cm³/mol. The summed E-state index contributed by atoms with van der Waals surface area (Å²) in [6.07, 6.45) is 16.1. The fourth-order valence-corrected chi connectivity index (χ4v) is 4.52. The molecule has 0 radical (unpaired) electrons. The average molecular weight is 398 g/mol. The highest BCUT2D eigenvalue weighted by molar-refractivity contribution is 5.70. The topological polar surface area (TPSA) is 3.24 Å². The van der Waals surface area contributed by atoms with Crippen molar-refractivity contribution in [2.24, 2.45) is 0 Å². The van der Waals surface area contributed by atoms with Crippen LogP contribution in [-0.2, 0) is 10.8 Å². The standard InChI is InChI=1S/C29H35N/c1-23-17-12-13-18-24(23)28(2,3)22-16-10-8-7-9-11-21-27-29(4,5)25-19-14-15-20-26(25)30(27)6/h7-21H,22H2,1-6H3/b8-7+,11-9+,16-10+,27-21-. The van der Waals surface area contributed by atoms with Gasteiger partial charge in [0.05, 0.1) is 0 Å². The van der Waals surface area contributed by atoms with Crippen molar-refractivity contribution in [2.75, 3.05) is 11.9 Å². The zero-order valence-corrected chi connectivity index (χ0v) is 19.3. The summed E-state index contributed by atoms with van der Waals surface area (Å²) in [6.45, 7) is 11.4. The van der Waals surface area contributed by atoms with Gasteiger partial charge in [-0.1, -0.05) is 107 Å². The minimum absolute atomic E-state index is 0.0282. The lowest BCUT2D eigenvalue weighted by Gasteiger charge is -2.25. The van der Waals surface area contributed by atoms with Gasteiger partial charge in [-0.2, -0.15) is 0 Å². The summed E-state index contributed by atoms with van der Waals surface area (Å²) in [5.74, 6) is 0. The molecule has 0 saturated heterocycles. The van der Waals surface area contributed by atoms with Crippen LogP contribution in [0.25, 0.3) is 0 Å². The number of rotatable bonds is 6. The predicted octanol–water partition coefficient (Wildman–Crippen LogP) is 7.64. The van der Waals surface area contributed by atoms with E-state index in [0.717, 1.165) is 6.42 Å². The van der Waals surface area contributed by atoms with Crippen LogP contribution < -0.4 is 4.90 Å². The van der Waals surface area contributed by atoms with E-state index in [1.165, 1.54) is 28.1 Å². The Hall–Kier alpha value is -2.80. The molecule has 0 bridgehead atoms. The van der Waals surface area contributed by atoms with Gasteiger partial charge in [0.15, 0.2) is 0 Å². The van der Waals surface area contributed by atoms with Crippen molar-refractivity contribution in [3.05, 3.63) is 113 Å². The van der Waals surface area contributed by atoms with Gasteiger partial charge in [0.1, 0.15) is 0 Å². The highest BCUT2D eigenvalue weighted by Gasteiger charge is 2.37. The summed E-state index contributed by atoms with van der Waals surface area (Å²) in [6, 6.07) is 17.4. The normalized spacial score (nSPS) is 17.7. The monoisotopic (exact) mass is 397 g/mol. The number of anilines is 1. The Morgan fingerprint density at radius 1 is 0.867 bits per heavy atom. The molecule has 30 heavy (non-hydrogen) atoms. The highest BCUT2D eigenvalue weighted by Crippen LogP contribution is 2.46. The third-order valence-corrected chi connectivity index (χ3v) is 6.28. The maximum Gasteiger partial charge on any atom is 0.0447 e. The summed E-state index contributed by atoms with van der Waals surface area (Å²) in [5, 5.41) is 0. The minimum Gasteiger partial charge on any atom is -0.347 e. The Bertz CT molecular complexity index is 999. The first-order valence-corrected chi connectivity index (χ1v) is 10.8. The molecule has 2 aromatic rings. The molecular formula is C29H35N. The summed E-state index contributed by atoms with van der Waals surface area (Å²) < 4.78 is 0. The van der Waals surface area contributed by atoms with E-state index in [2.05, 4.69) is 138 Å². The van der Waals surface area contributed by atoms with Gasteiger partial charge >= 0.3 is 0 Å². The van der Waals surface area contributed by atoms with Gasteiger partial charge in [-0.25, -0.2) is 0 Å². The van der Waals surface area contributed by atoms with Crippen LogP contribution in [0.5, 0.6) is 0 Å². The van der Waals surface area contributed by atoms with Crippen molar-refractivity contribution < 1.29 is 0 Å². The lowest BCUT2D eigenvalue weighted by Crippen LogP contribution is -2.22. The molecule has 0 amide bonds. The Balaban J connectivity index is 1.59. The van der Waals surface area contributed by atoms with Gasteiger partial charge in [0, 0.05) is 23.8 Å². The minimum atomic E-state index is 0.0282. The first-order chi connectivity index (χ1) is 14.2. The smallest absolute Gasteiger partial charge is 0.0447 e. The van der Waals surface area contributed by atoms with E-state index in [1.807, 2.05) is 0 Å². The van der Waals surface area contributed by atoms with E-state index in [1.54, 1.807) is 0 Å². The van der Waals surface area contributed by atoms with Crippen LogP contribution in [0.1, 0.15) is 50.8 Å². The second-order valence-electron chi connectivity index (χ2n) is 9.35. The third-order valence-electron chi connectivity index (χ3n) is 6.28. The van der Waals surface area contributed by atoms with Crippen LogP contribution in [0.3, 0.4) is 0 Å². The molecule has 0 fully saturated rings. The van der Waals surface area contributed by atoms with Gasteiger partial charge in [0.2, 0.25) is 0 Å². The van der Waals surface area contributed by atoms with Gasteiger partial charge in [-0.15, -0.1) is 0 Å². The van der Waals surface area contributed by atoms with Crippen molar-refractivity contribution in [3.63, 3.8) is 0 Å². The number of hydrogen-bond donors (Lipinski definition) is 0. The number of fused-ring (bicyclic) bond motifs is 1. The molecule has 0 saturated carbocycles. The summed E-state index contributed by atoms with van der Waals surface area (Å²) >= 11 is 0. The lowest BCUT2D eigenvalue weighted by molar-refractivity contribution is 0.531. The first-order valence-electron chi connectivity index (χ1n) is 10.8. The van der Waals surface area contributed by atoms with Crippen LogP contribution >= 0.6 is 0 Å². The number of aryl methyl sites for hydroxylation is 1. The van der Waals surface area contributed by atoms with Gasteiger partial charge < -0.3 is 4.90 Å². The van der Waals surface area contributed by atoms with E-state index in [-0.39, 0.29) is 10.8 Å². The Morgan fingerprint density at radius 3 is 2.23 bits per heavy atom.